The monoisotopic (exact) mass is 182 g/mol. The van der Waals surface area contributed by atoms with Crippen LogP contribution in [-0.4, -0.2) is 0 Å². The maximum atomic E-state index is 2.48. The van der Waals surface area contributed by atoms with Crippen LogP contribution in [0.15, 0.2) is 0 Å². The minimum Gasteiger partial charge on any atom is -0.0654 e. The van der Waals surface area contributed by atoms with E-state index in [1.165, 1.54) is 38.5 Å². The number of rotatable bonds is 5. The topological polar surface area (TPSA) is 0 Å². The summed E-state index contributed by atoms with van der Waals surface area (Å²) in [6.45, 7) is 9.62. The van der Waals surface area contributed by atoms with Crippen LogP contribution < -0.4 is 0 Å². The van der Waals surface area contributed by atoms with Crippen molar-refractivity contribution < 1.29 is 0 Å². The Hall–Kier alpha value is 0. The summed E-state index contributed by atoms with van der Waals surface area (Å²) in [5.41, 5.74) is 0.620. The molecule has 78 valence electrons. The van der Waals surface area contributed by atoms with Gasteiger partial charge in [0.15, 0.2) is 0 Å². The third-order valence-electron chi connectivity index (χ3n) is 4.12. The molecule has 1 aliphatic rings. The zero-order valence-corrected chi connectivity index (χ0v) is 9.90. The quantitative estimate of drug-likeness (QED) is 0.581. The van der Waals surface area contributed by atoms with E-state index < -0.39 is 0 Å². The molecule has 1 rings (SSSR count). The molecule has 0 heteroatoms. The molecule has 0 aromatic heterocycles. The van der Waals surface area contributed by atoms with E-state index in [1.54, 1.807) is 0 Å². The Morgan fingerprint density at radius 2 is 1.85 bits per heavy atom. The van der Waals surface area contributed by atoms with Crippen molar-refractivity contribution in [2.24, 2.45) is 17.3 Å². The molecule has 0 aromatic carbocycles. The average molecular weight is 182 g/mol. The highest BCUT2D eigenvalue weighted by Gasteiger charge is 2.39. The lowest BCUT2D eigenvalue weighted by Gasteiger charge is -2.47. The Morgan fingerprint density at radius 3 is 2.23 bits per heavy atom. The lowest BCUT2D eigenvalue weighted by atomic mass is 9.58. The fourth-order valence-electron chi connectivity index (χ4n) is 2.90. The highest BCUT2D eigenvalue weighted by molar-refractivity contribution is 4.90. The lowest BCUT2D eigenvalue weighted by molar-refractivity contribution is 0.0325. The number of unbranched alkanes of at least 4 members (excludes halogenated alkanes) is 1. The Bertz CT molecular complexity index is 144. The smallest absolute Gasteiger partial charge is 0.0323 e. The molecule has 0 bridgehead atoms. The van der Waals surface area contributed by atoms with Gasteiger partial charge in [0.1, 0.15) is 0 Å². The predicted octanol–water partition coefficient (Wildman–Crippen LogP) is 4.64. The van der Waals surface area contributed by atoms with Crippen LogP contribution in [0, 0.1) is 17.3 Å². The van der Waals surface area contributed by atoms with Crippen LogP contribution in [0.2, 0.25) is 0 Å². The molecule has 0 heterocycles. The zero-order chi connectivity index (χ0) is 9.90. The van der Waals surface area contributed by atoms with E-state index >= 15 is 0 Å². The Morgan fingerprint density at radius 1 is 1.15 bits per heavy atom. The molecule has 1 fully saturated rings. The fraction of sp³-hybridized carbons (Fsp3) is 1.00. The SMILES string of the molecule is CCCCC(C)(C)C1CCC1CC. The summed E-state index contributed by atoms with van der Waals surface area (Å²) in [4.78, 5) is 0. The second-order valence-electron chi connectivity index (χ2n) is 5.44. The van der Waals surface area contributed by atoms with Crippen molar-refractivity contribution in [2.75, 3.05) is 0 Å². The molecule has 2 atom stereocenters. The number of hydrogen-bond acceptors (Lipinski definition) is 0. The van der Waals surface area contributed by atoms with E-state index in [0.29, 0.717) is 5.41 Å². The van der Waals surface area contributed by atoms with Crippen LogP contribution in [-0.2, 0) is 0 Å². The molecule has 2 unspecified atom stereocenters. The molecule has 1 saturated carbocycles. The van der Waals surface area contributed by atoms with Gasteiger partial charge in [-0.15, -0.1) is 0 Å². The average Bonchev–Trinajstić information content (AvgIpc) is 1.99. The van der Waals surface area contributed by atoms with E-state index in [0.717, 1.165) is 11.8 Å². The van der Waals surface area contributed by atoms with Crippen molar-refractivity contribution in [3.63, 3.8) is 0 Å². The first-order chi connectivity index (χ1) is 6.11. The third-order valence-corrected chi connectivity index (χ3v) is 4.12. The van der Waals surface area contributed by atoms with E-state index in [1.807, 2.05) is 0 Å². The zero-order valence-electron chi connectivity index (χ0n) is 9.90. The van der Waals surface area contributed by atoms with Gasteiger partial charge in [-0.2, -0.15) is 0 Å². The predicted molar refractivity (Wildman–Crippen MR) is 59.8 cm³/mol. The van der Waals surface area contributed by atoms with Crippen LogP contribution in [0.25, 0.3) is 0 Å². The molecule has 0 spiro atoms. The molecule has 0 nitrogen and oxygen atoms in total. The van der Waals surface area contributed by atoms with Crippen molar-refractivity contribution in [2.45, 2.75) is 66.2 Å². The summed E-state index contributed by atoms with van der Waals surface area (Å²) < 4.78 is 0. The molecule has 0 aliphatic heterocycles. The second-order valence-corrected chi connectivity index (χ2v) is 5.44. The van der Waals surface area contributed by atoms with Crippen LogP contribution >= 0.6 is 0 Å². The summed E-state index contributed by atoms with van der Waals surface area (Å²) >= 11 is 0. The second kappa shape index (κ2) is 4.48. The lowest BCUT2D eigenvalue weighted by Crippen LogP contribution is -2.37. The van der Waals surface area contributed by atoms with Gasteiger partial charge >= 0.3 is 0 Å². The van der Waals surface area contributed by atoms with E-state index in [-0.39, 0.29) is 0 Å². The van der Waals surface area contributed by atoms with Gasteiger partial charge < -0.3 is 0 Å². The van der Waals surface area contributed by atoms with Crippen molar-refractivity contribution >= 4 is 0 Å². The van der Waals surface area contributed by atoms with Crippen molar-refractivity contribution in [3.8, 4) is 0 Å². The van der Waals surface area contributed by atoms with Gasteiger partial charge in [0, 0.05) is 0 Å². The summed E-state index contributed by atoms with van der Waals surface area (Å²) in [5.74, 6) is 2.08. The summed E-state index contributed by atoms with van der Waals surface area (Å²) in [6, 6.07) is 0. The number of hydrogen-bond donors (Lipinski definition) is 0. The molecular weight excluding hydrogens is 156 g/mol. The van der Waals surface area contributed by atoms with Gasteiger partial charge in [-0.05, 0) is 36.5 Å². The fourth-order valence-corrected chi connectivity index (χ4v) is 2.90. The first kappa shape index (κ1) is 11.1. The third kappa shape index (κ3) is 2.48. The van der Waals surface area contributed by atoms with Gasteiger partial charge in [0.05, 0.1) is 0 Å². The molecule has 13 heavy (non-hydrogen) atoms. The van der Waals surface area contributed by atoms with Crippen LogP contribution in [0.1, 0.15) is 66.2 Å². The highest BCUT2D eigenvalue weighted by Crippen LogP contribution is 2.49. The molecule has 1 aliphatic carbocycles. The van der Waals surface area contributed by atoms with Gasteiger partial charge in [0.2, 0.25) is 0 Å². The normalized spacial score (nSPS) is 28.6. The minimum atomic E-state index is 0.620. The van der Waals surface area contributed by atoms with Gasteiger partial charge in [-0.1, -0.05) is 47.0 Å². The van der Waals surface area contributed by atoms with Crippen molar-refractivity contribution in [3.05, 3.63) is 0 Å². The molecule has 0 amide bonds. The van der Waals surface area contributed by atoms with Gasteiger partial charge in [-0.25, -0.2) is 0 Å². The van der Waals surface area contributed by atoms with Crippen LogP contribution in [0.4, 0.5) is 0 Å². The molecule has 0 saturated heterocycles. The molecule has 0 aromatic rings. The summed E-state index contributed by atoms with van der Waals surface area (Å²) in [6.07, 6.45) is 8.60. The maximum absolute atomic E-state index is 2.48. The highest BCUT2D eigenvalue weighted by atomic mass is 14.4. The van der Waals surface area contributed by atoms with Crippen molar-refractivity contribution in [1.29, 1.82) is 0 Å². The van der Waals surface area contributed by atoms with E-state index in [4.69, 9.17) is 0 Å². The molecule has 0 radical (unpaired) electrons. The van der Waals surface area contributed by atoms with E-state index in [2.05, 4.69) is 27.7 Å². The summed E-state index contributed by atoms with van der Waals surface area (Å²) in [5, 5.41) is 0. The Kier molecular flexibility index (Phi) is 3.82. The first-order valence-electron chi connectivity index (χ1n) is 6.11. The Labute approximate surface area is 84.1 Å². The van der Waals surface area contributed by atoms with E-state index in [9.17, 15) is 0 Å². The Balaban J connectivity index is 2.39. The van der Waals surface area contributed by atoms with Crippen LogP contribution in [0.5, 0.6) is 0 Å². The maximum Gasteiger partial charge on any atom is -0.0323 e. The standard InChI is InChI=1S/C13H26/c1-5-7-10-13(3,4)12-9-8-11(12)6-2/h11-12H,5-10H2,1-4H3. The molecular formula is C13H26. The van der Waals surface area contributed by atoms with Crippen LogP contribution in [0.3, 0.4) is 0 Å². The minimum absolute atomic E-state index is 0.620. The molecule has 0 N–H and O–H groups in total. The summed E-state index contributed by atoms with van der Waals surface area (Å²) in [7, 11) is 0. The van der Waals surface area contributed by atoms with Gasteiger partial charge in [0.25, 0.3) is 0 Å². The largest absolute Gasteiger partial charge is 0.0654 e. The van der Waals surface area contributed by atoms with Crippen molar-refractivity contribution in [1.82, 2.24) is 0 Å². The van der Waals surface area contributed by atoms with Gasteiger partial charge in [-0.3, -0.25) is 0 Å². The first-order valence-corrected chi connectivity index (χ1v) is 6.11.